The maximum Gasteiger partial charge on any atom is 0.251 e. The van der Waals surface area contributed by atoms with Crippen LogP contribution in [0.4, 0.5) is 0 Å². The standard InChI is InChI=1S/C18H21NO2S/c1-2-16(12-20)19-18(21)15-10-8-14(9-11-15)13-22-17-6-4-3-5-7-17/h3-11,16,20H,2,12-13H2,1H3,(H,19,21). The Hall–Kier alpha value is -1.78. The predicted octanol–water partition coefficient (Wildman–Crippen LogP) is 3.48. The van der Waals surface area contributed by atoms with E-state index in [9.17, 15) is 4.79 Å². The van der Waals surface area contributed by atoms with Crippen LogP contribution in [0.15, 0.2) is 59.5 Å². The summed E-state index contributed by atoms with van der Waals surface area (Å²) in [6.45, 7) is 1.90. The summed E-state index contributed by atoms with van der Waals surface area (Å²) < 4.78 is 0. The smallest absolute Gasteiger partial charge is 0.251 e. The molecule has 3 nitrogen and oxygen atoms in total. The summed E-state index contributed by atoms with van der Waals surface area (Å²) in [7, 11) is 0. The van der Waals surface area contributed by atoms with E-state index in [0.29, 0.717) is 12.0 Å². The molecule has 1 atom stereocenters. The van der Waals surface area contributed by atoms with Crippen LogP contribution in [0, 0.1) is 0 Å². The monoisotopic (exact) mass is 315 g/mol. The van der Waals surface area contributed by atoms with Gasteiger partial charge in [0.1, 0.15) is 0 Å². The molecule has 2 aromatic rings. The topological polar surface area (TPSA) is 49.3 Å². The van der Waals surface area contributed by atoms with Gasteiger partial charge in [0.25, 0.3) is 5.91 Å². The number of carbonyl (C=O) groups excluding carboxylic acids is 1. The Morgan fingerprint density at radius 3 is 2.41 bits per heavy atom. The molecule has 22 heavy (non-hydrogen) atoms. The second-order valence-electron chi connectivity index (χ2n) is 5.06. The average molecular weight is 315 g/mol. The summed E-state index contributed by atoms with van der Waals surface area (Å²) >= 11 is 1.77. The number of rotatable bonds is 7. The van der Waals surface area contributed by atoms with E-state index in [4.69, 9.17) is 5.11 Å². The molecule has 0 saturated heterocycles. The van der Waals surface area contributed by atoms with Crippen LogP contribution in [0.3, 0.4) is 0 Å². The molecule has 4 heteroatoms. The van der Waals surface area contributed by atoms with Gasteiger partial charge in [-0.25, -0.2) is 0 Å². The highest BCUT2D eigenvalue weighted by molar-refractivity contribution is 7.98. The Morgan fingerprint density at radius 2 is 1.82 bits per heavy atom. The molecule has 0 fully saturated rings. The fourth-order valence-electron chi connectivity index (χ4n) is 1.98. The third kappa shape index (κ3) is 4.90. The molecular formula is C18H21NO2S. The van der Waals surface area contributed by atoms with E-state index in [-0.39, 0.29) is 18.6 Å². The van der Waals surface area contributed by atoms with Crippen LogP contribution in [0.2, 0.25) is 0 Å². The van der Waals surface area contributed by atoms with Crippen molar-refractivity contribution in [3.05, 3.63) is 65.7 Å². The molecule has 0 heterocycles. The van der Waals surface area contributed by atoms with E-state index in [0.717, 1.165) is 5.75 Å². The Kier molecular flexibility index (Phi) is 6.49. The van der Waals surface area contributed by atoms with Gasteiger partial charge < -0.3 is 10.4 Å². The minimum atomic E-state index is -0.180. The van der Waals surface area contributed by atoms with Crippen molar-refractivity contribution in [1.82, 2.24) is 5.32 Å². The van der Waals surface area contributed by atoms with Gasteiger partial charge in [-0.2, -0.15) is 0 Å². The number of aliphatic hydroxyl groups is 1. The lowest BCUT2D eigenvalue weighted by atomic mass is 10.1. The van der Waals surface area contributed by atoms with Gasteiger partial charge in [-0.15, -0.1) is 11.8 Å². The second kappa shape index (κ2) is 8.61. The molecule has 0 bridgehead atoms. The van der Waals surface area contributed by atoms with E-state index >= 15 is 0 Å². The molecule has 0 radical (unpaired) electrons. The van der Waals surface area contributed by atoms with Gasteiger partial charge in [0.05, 0.1) is 12.6 Å². The maximum atomic E-state index is 12.0. The normalized spacial score (nSPS) is 11.9. The Bertz CT molecular complexity index is 580. The van der Waals surface area contributed by atoms with Crippen LogP contribution in [0.5, 0.6) is 0 Å². The number of thioether (sulfide) groups is 1. The van der Waals surface area contributed by atoms with Gasteiger partial charge in [-0.3, -0.25) is 4.79 Å². The lowest BCUT2D eigenvalue weighted by Gasteiger charge is -2.14. The summed E-state index contributed by atoms with van der Waals surface area (Å²) in [5.74, 6) is 0.739. The number of amides is 1. The molecule has 0 spiro atoms. The molecule has 1 unspecified atom stereocenters. The summed E-state index contributed by atoms with van der Waals surface area (Å²) in [5.41, 5.74) is 1.81. The van der Waals surface area contributed by atoms with Crippen LogP contribution in [0.25, 0.3) is 0 Å². The number of hydrogen-bond acceptors (Lipinski definition) is 3. The third-order valence-electron chi connectivity index (χ3n) is 3.41. The summed E-state index contributed by atoms with van der Waals surface area (Å²) in [6, 6.07) is 17.7. The largest absolute Gasteiger partial charge is 0.394 e. The minimum Gasteiger partial charge on any atom is -0.394 e. The SMILES string of the molecule is CCC(CO)NC(=O)c1ccc(CSc2ccccc2)cc1. The number of hydrogen-bond donors (Lipinski definition) is 2. The molecule has 116 valence electrons. The molecule has 0 saturated carbocycles. The lowest BCUT2D eigenvalue weighted by molar-refractivity contribution is 0.0915. The van der Waals surface area contributed by atoms with Crippen molar-refractivity contribution in [2.75, 3.05) is 6.61 Å². The maximum absolute atomic E-state index is 12.0. The van der Waals surface area contributed by atoms with E-state index in [1.165, 1.54) is 10.5 Å². The number of nitrogens with one attached hydrogen (secondary N) is 1. The fraction of sp³-hybridized carbons (Fsp3) is 0.278. The molecule has 0 aliphatic rings. The highest BCUT2D eigenvalue weighted by atomic mass is 32.2. The fourth-order valence-corrected chi connectivity index (χ4v) is 2.86. The number of carbonyl (C=O) groups is 1. The molecule has 0 aliphatic carbocycles. The van der Waals surface area contributed by atoms with Crippen molar-refractivity contribution < 1.29 is 9.90 Å². The summed E-state index contributed by atoms with van der Waals surface area (Å²) in [6.07, 6.45) is 0.716. The van der Waals surface area contributed by atoms with Crippen molar-refractivity contribution in [3.8, 4) is 0 Å². The highest BCUT2D eigenvalue weighted by Gasteiger charge is 2.10. The van der Waals surface area contributed by atoms with E-state index in [1.54, 1.807) is 11.8 Å². The van der Waals surface area contributed by atoms with Gasteiger partial charge >= 0.3 is 0 Å². The first-order valence-electron chi connectivity index (χ1n) is 7.41. The van der Waals surface area contributed by atoms with Crippen molar-refractivity contribution in [2.24, 2.45) is 0 Å². The molecule has 0 aliphatic heterocycles. The molecular weight excluding hydrogens is 294 g/mol. The first-order valence-corrected chi connectivity index (χ1v) is 8.40. The molecule has 2 aromatic carbocycles. The Morgan fingerprint density at radius 1 is 1.14 bits per heavy atom. The third-order valence-corrected chi connectivity index (χ3v) is 4.50. The van der Waals surface area contributed by atoms with Crippen LogP contribution >= 0.6 is 11.8 Å². The lowest BCUT2D eigenvalue weighted by Crippen LogP contribution is -2.36. The van der Waals surface area contributed by atoms with Gasteiger partial charge in [-0.05, 0) is 36.2 Å². The van der Waals surface area contributed by atoms with Crippen LogP contribution < -0.4 is 5.32 Å². The first-order chi connectivity index (χ1) is 10.7. The van der Waals surface area contributed by atoms with Crippen LogP contribution in [0.1, 0.15) is 29.3 Å². The molecule has 0 aromatic heterocycles. The zero-order chi connectivity index (χ0) is 15.8. The van der Waals surface area contributed by atoms with E-state index < -0.39 is 0 Å². The van der Waals surface area contributed by atoms with Gasteiger partial charge in [0.15, 0.2) is 0 Å². The van der Waals surface area contributed by atoms with Gasteiger partial charge in [0.2, 0.25) is 0 Å². The number of aliphatic hydroxyl groups excluding tert-OH is 1. The number of benzene rings is 2. The Balaban J connectivity index is 1.91. The van der Waals surface area contributed by atoms with E-state index in [2.05, 4.69) is 17.4 Å². The first kappa shape index (κ1) is 16.6. The van der Waals surface area contributed by atoms with Crippen molar-refractivity contribution in [3.63, 3.8) is 0 Å². The van der Waals surface area contributed by atoms with Crippen molar-refractivity contribution in [1.29, 1.82) is 0 Å². The van der Waals surface area contributed by atoms with E-state index in [1.807, 2.05) is 49.4 Å². The average Bonchev–Trinajstić information content (AvgIpc) is 2.59. The second-order valence-corrected chi connectivity index (χ2v) is 6.11. The zero-order valence-electron chi connectivity index (χ0n) is 12.7. The van der Waals surface area contributed by atoms with Crippen molar-refractivity contribution >= 4 is 17.7 Å². The van der Waals surface area contributed by atoms with Crippen LogP contribution in [-0.4, -0.2) is 23.7 Å². The molecule has 1 amide bonds. The Labute approximate surface area is 135 Å². The summed E-state index contributed by atoms with van der Waals surface area (Å²) in [5, 5.41) is 11.9. The highest BCUT2D eigenvalue weighted by Crippen LogP contribution is 2.22. The molecule has 2 N–H and O–H groups in total. The predicted molar refractivity (Wildman–Crippen MR) is 91.1 cm³/mol. The van der Waals surface area contributed by atoms with Gasteiger partial charge in [-0.1, -0.05) is 37.3 Å². The van der Waals surface area contributed by atoms with Crippen molar-refractivity contribution in [2.45, 2.75) is 30.0 Å². The van der Waals surface area contributed by atoms with Crippen LogP contribution in [-0.2, 0) is 5.75 Å². The van der Waals surface area contributed by atoms with Gasteiger partial charge in [0, 0.05) is 16.2 Å². The summed E-state index contributed by atoms with van der Waals surface area (Å²) in [4.78, 5) is 13.3. The zero-order valence-corrected chi connectivity index (χ0v) is 13.5. The molecule has 2 rings (SSSR count). The quantitative estimate of drug-likeness (QED) is 0.769. The minimum absolute atomic E-state index is 0.0337.